The van der Waals surface area contributed by atoms with Gasteiger partial charge in [-0.3, -0.25) is 0 Å². The first-order chi connectivity index (χ1) is 8.85. The van der Waals surface area contributed by atoms with E-state index in [9.17, 15) is 5.26 Å². The zero-order valence-corrected chi connectivity index (χ0v) is 11.7. The lowest BCUT2D eigenvalue weighted by atomic mass is 10.2. The quantitative estimate of drug-likeness (QED) is 0.774. The molecule has 0 atom stereocenters. The number of thioether (sulfide) groups is 1. The van der Waals surface area contributed by atoms with Crippen LogP contribution >= 0.6 is 23.1 Å². The van der Waals surface area contributed by atoms with Crippen LogP contribution in [0.4, 0.5) is 0 Å². The van der Waals surface area contributed by atoms with Crippen LogP contribution in [-0.4, -0.2) is 12.9 Å². The van der Waals surface area contributed by atoms with Crippen LogP contribution < -0.4 is 4.74 Å². The number of ether oxygens (including phenoxy) is 1. The van der Waals surface area contributed by atoms with Crippen molar-refractivity contribution < 1.29 is 4.74 Å². The van der Waals surface area contributed by atoms with Gasteiger partial charge in [0.05, 0.1) is 6.61 Å². The van der Waals surface area contributed by atoms with Gasteiger partial charge in [0.25, 0.3) is 0 Å². The molecular weight excluding hydrogens is 262 g/mol. The Morgan fingerprint density at radius 3 is 2.89 bits per heavy atom. The van der Waals surface area contributed by atoms with Gasteiger partial charge in [0.1, 0.15) is 17.4 Å². The van der Waals surface area contributed by atoms with Crippen molar-refractivity contribution in [3.05, 3.63) is 46.2 Å². The lowest BCUT2D eigenvalue weighted by Crippen LogP contribution is -2.02. The number of nitriles is 1. The van der Waals surface area contributed by atoms with Crippen molar-refractivity contribution in [2.75, 3.05) is 12.9 Å². The molecule has 92 valence electrons. The Morgan fingerprint density at radius 2 is 2.22 bits per heavy atom. The first-order valence-electron chi connectivity index (χ1n) is 5.57. The summed E-state index contributed by atoms with van der Waals surface area (Å²) in [4.78, 5) is 2.26. The summed E-state index contributed by atoms with van der Waals surface area (Å²) < 4.78 is 5.71. The lowest BCUT2D eigenvalue weighted by molar-refractivity contribution is 0.321. The predicted molar refractivity (Wildman–Crippen MR) is 76.5 cm³/mol. The van der Waals surface area contributed by atoms with Gasteiger partial charge in [-0.25, -0.2) is 0 Å². The topological polar surface area (TPSA) is 33.0 Å². The minimum absolute atomic E-state index is 0.604. The minimum Gasteiger partial charge on any atom is -0.492 e. The average molecular weight is 275 g/mol. The molecule has 2 nitrogen and oxygen atoms in total. The smallest absolute Gasteiger partial charge is 0.138 e. The third-order valence-corrected chi connectivity index (χ3v) is 4.22. The number of rotatable bonds is 5. The van der Waals surface area contributed by atoms with Gasteiger partial charge in [0.2, 0.25) is 0 Å². The van der Waals surface area contributed by atoms with Crippen LogP contribution in [0.15, 0.2) is 40.6 Å². The third-order valence-electron chi connectivity index (χ3n) is 2.51. The van der Waals surface area contributed by atoms with Crippen molar-refractivity contribution in [2.45, 2.75) is 11.3 Å². The molecule has 0 aliphatic heterocycles. The fourth-order valence-electron chi connectivity index (χ4n) is 1.63. The first-order valence-corrected chi connectivity index (χ1v) is 7.68. The number of benzene rings is 1. The molecule has 0 N–H and O–H groups in total. The summed E-state index contributed by atoms with van der Waals surface area (Å²) in [7, 11) is 0. The van der Waals surface area contributed by atoms with E-state index in [1.807, 2.05) is 30.5 Å². The number of nitrogens with zero attached hydrogens (tertiary/aromatic N) is 1. The van der Waals surface area contributed by atoms with E-state index in [1.54, 1.807) is 23.1 Å². The van der Waals surface area contributed by atoms with Crippen LogP contribution in [0.3, 0.4) is 0 Å². The molecule has 0 radical (unpaired) electrons. The van der Waals surface area contributed by atoms with Crippen LogP contribution in [-0.2, 0) is 6.42 Å². The van der Waals surface area contributed by atoms with Crippen molar-refractivity contribution in [1.82, 2.24) is 0 Å². The maximum Gasteiger partial charge on any atom is 0.138 e. The summed E-state index contributed by atoms with van der Waals surface area (Å²) in [5, 5.41) is 11.2. The van der Waals surface area contributed by atoms with Crippen molar-refractivity contribution in [3.8, 4) is 11.8 Å². The molecule has 0 amide bonds. The van der Waals surface area contributed by atoms with E-state index in [0.29, 0.717) is 17.9 Å². The van der Waals surface area contributed by atoms with E-state index < -0.39 is 0 Å². The van der Waals surface area contributed by atoms with Crippen LogP contribution in [0.5, 0.6) is 5.75 Å². The molecule has 0 unspecified atom stereocenters. The Balaban J connectivity index is 2.03. The normalized spacial score (nSPS) is 10.0. The number of hydrogen-bond acceptors (Lipinski definition) is 4. The Morgan fingerprint density at radius 1 is 1.33 bits per heavy atom. The van der Waals surface area contributed by atoms with E-state index in [4.69, 9.17) is 4.74 Å². The number of hydrogen-bond donors (Lipinski definition) is 0. The van der Waals surface area contributed by atoms with Gasteiger partial charge in [0.15, 0.2) is 0 Å². The van der Waals surface area contributed by atoms with Crippen LogP contribution in [0.1, 0.15) is 10.4 Å². The second-order valence-corrected chi connectivity index (χ2v) is 5.50. The van der Waals surface area contributed by atoms with Gasteiger partial charge in [-0.1, -0.05) is 12.1 Å². The van der Waals surface area contributed by atoms with E-state index in [0.717, 1.165) is 11.3 Å². The minimum atomic E-state index is 0.604. The lowest BCUT2D eigenvalue weighted by Gasteiger charge is -2.09. The van der Waals surface area contributed by atoms with E-state index in [1.165, 1.54) is 4.88 Å². The van der Waals surface area contributed by atoms with Gasteiger partial charge in [-0.05, 0) is 29.8 Å². The fraction of sp³-hybridized carbons (Fsp3) is 0.214. The first kappa shape index (κ1) is 13.0. The van der Waals surface area contributed by atoms with Gasteiger partial charge in [-0.2, -0.15) is 5.26 Å². The van der Waals surface area contributed by atoms with E-state index in [-0.39, 0.29) is 0 Å². The summed E-state index contributed by atoms with van der Waals surface area (Å²) in [6.07, 6.45) is 2.84. The Hall–Kier alpha value is -1.44. The third kappa shape index (κ3) is 3.06. The maximum absolute atomic E-state index is 9.17. The molecule has 0 aliphatic rings. The molecule has 2 aromatic rings. The van der Waals surface area contributed by atoms with Gasteiger partial charge in [0, 0.05) is 16.2 Å². The highest BCUT2D eigenvalue weighted by Crippen LogP contribution is 2.28. The van der Waals surface area contributed by atoms with Crippen molar-refractivity contribution in [3.63, 3.8) is 0 Å². The zero-order chi connectivity index (χ0) is 12.8. The van der Waals surface area contributed by atoms with Gasteiger partial charge < -0.3 is 4.74 Å². The second kappa shape index (κ2) is 6.48. The molecule has 0 saturated heterocycles. The van der Waals surface area contributed by atoms with Crippen molar-refractivity contribution >= 4 is 23.1 Å². The molecule has 2 rings (SSSR count). The van der Waals surface area contributed by atoms with Crippen molar-refractivity contribution in [1.29, 1.82) is 5.26 Å². The molecule has 0 spiro atoms. The molecule has 1 heterocycles. The molecule has 1 aromatic carbocycles. The van der Waals surface area contributed by atoms with Gasteiger partial charge >= 0.3 is 0 Å². The Bertz CT molecular complexity index is 543. The molecule has 18 heavy (non-hydrogen) atoms. The summed E-state index contributed by atoms with van der Waals surface area (Å²) in [5.74, 6) is 0.681. The molecule has 0 saturated carbocycles. The van der Waals surface area contributed by atoms with E-state index >= 15 is 0 Å². The Labute approximate surface area is 115 Å². The highest BCUT2D eigenvalue weighted by atomic mass is 32.2. The molecule has 0 bridgehead atoms. The molecule has 0 fully saturated rings. The maximum atomic E-state index is 9.17. The fourth-order valence-corrected chi connectivity index (χ4v) is 2.88. The average Bonchev–Trinajstić information content (AvgIpc) is 2.91. The van der Waals surface area contributed by atoms with E-state index in [2.05, 4.69) is 17.5 Å². The number of thiophene rings is 1. The standard InChI is InChI=1S/C14H13NOS2/c1-17-14-6-2-5-13(12(14)10-15)16-8-7-11-4-3-9-18-11/h2-6,9H,7-8H2,1H3. The predicted octanol–water partition coefficient (Wildman–Crippen LogP) is 3.96. The summed E-state index contributed by atoms with van der Waals surface area (Å²) in [6.45, 7) is 0.604. The summed E-state index contributed by atoms with van der Waals surface area (Å²) in [6, 6.07) is 12.1. The molecular formula is C14H13NOS2. The van der Waals surface area contributed by atoms with Crippen LogP contribution in [0.25, 0.3) is 0 Å². The highest BCUT2D eigenvalue weighted by Gasteiger charge is 2.08. The van der Waals surface area contributed by atoms with Gasteiger partial charge in [-0.15, -0.1) is 23.1 Å². The monoisotopic (exact) mass is 275 g/mol. The van der Waals surface area contributed by atoms with Crippen LogP contribution in [0, 0.1) is 11.3 Å². The van der Waals surface area contributed by atoms with Crippen molar-refractivity contribution in [2.24, 2.45) is 0 Å². The van der Waals surface area contributed by atoms with Crippen LogP contribution in [0.2, 0.25) is 0 Å². The molecule has 1 aromatic heterocycles. The molecule has 4 heteroatoms. The summed E-state index contributed by atoms with van der Waals surface area (Å²) >= 11 is 3.29. The second-order valence-electron chi connectivity index (χ2n) is 3.62. The summed E-state index contributed by atoms with van der Waals surface area (Å²) in [5.41, 5.74) is 0.635. The Kier molecular flexibility index (Phi) is 4.68. The highest BCUT2D eigenvalue weighted by molar-refractivity contribution is 7.98. The zero-order valence-electron chi connectivity index (χ0n) is 10.1. The SMILES string of the molecule is CSc1cccc(OCCc2cccs2)c1C#N. The largest absolute Gasteiger partial charge is 0.492 e. The molecule has 0 aliphatic carbocycles.